The van der Waals surface area contributed by atoms with E-state index >= 15 is 0 Å². The van der Waals surface area contributed by atoms with E-state index in [2.05, 4.69) is 9.44 Å². The third kappa shape index (κ3) is 7.73. The summed E-state index contributed by atoms with van der Waals surface area (Å²) >= 11 is 5.10. The molecule has 2 N–H and O–H groups in total. The van der Waals surface area contributed by atoms with Crippen LogP contribution >= 0.6 is 11.6 Å². The number of pyridine rings is 1. The monoisotopic (exact) mass is 609 g/mol. The van der Waals surface area contributed by atoms with Crippen molar-refractivity contribution in [3.8, 4) is 11.1 Å². The normalized spacial score (nSPS) is 13.2. The molecule has 1 aromatic heterocycles. The Morgan fingerprint density at radius 3 is 2.40 bits per heavy atom. The zero-order valence-electron chi connectivity index (χ0n) is 22.8. The molecule has 1 heterocycles. The molecule has 1 unspecified atom stereocenters. The summed E-state index contributed by atoms with van der Waals surface area (Å²) < 4.78 is 58.0. The van der Waals surface area contributed by atoms with Gasteiger partial charge in [0.1, 0.15) is 11.6 Å². The van der Waals surface area contributed by atoms with Crippen LogP contribution in [0.2, 0.25) is 5.02 Å². The number of carbonyl (C=O) groups excluding carboxylic acids is 1. The first-order valence-corrected chi connectivity index (χ1v) is 16.2. The Morgan fingerprint density at radius 1 is 1.12 bits per heavy atom. The highest BCUT2D eigenvalue weighted by Crippen LogP contribution is 2.38. The van der Waals surface area contributed by atoms with Gasteiger partial charge in [0.25, 0.3) is 5.56 Å². The minimum absolute atomic E-state index is 0.0107. The maximum absolute atomic E-state index is 13.7. The van der Waals surface area contributed by atoms with Crippen LogP contribution < -0.4 is 15.0 Å². The molecule has 3 rings (SSSR count). The molecule has 3 aromatic rings. The smallest absolute Gasteiger partial charge is 0.250 e. The Hall–Kier alpha value is -2.70. The summed E-state index contributed by atoms with van der Waals surface area (Å²) in [6.45, 7) is 5.35. The maximum Gasteiger partial charge on any atom is 0.250 e. The van der Waals surface area contributed by atoms with Crippen LogP contribution in [0.3, 0.4) is 0 Å². The number of sulfonamides is 1. The third-order valence-electron chi connectivity index (χ3n) is 6.39. The zero-order chi connectivity index (χ0) is 29.6. The summed E-state index contributed by atoms with van der Waals surface area (Å²) in [6, 6.07) is 8.74. The van der Waals surface area contributed by atoms with Gasteiger partial charge in [0.15, 0.2) is 5.78 Å². The highest BCUT2D eigenvalue weighted by atomic mass is 35.5. The van der Waals surface area contributed by atoms with Gasteiger partial charge in [0.2, 0.25) is 10.0 Å². The van der Waals surface area contributed by atoms with E-state index in [0.29, 0.717) is 28.9 Å². The molecular formula is C28H33ClFN3O5S2. The molecule has 0 amide bonds. The van der Waals surface area contributed by atoms with Gasteiger partial charge in [-0.3, -0.25) is 14.3 Å². The molecule has 216 valence electrons. The number of unbranched alkanes of at least 4 members (excludes halogenated alkanes) is 1. The van der Waals surface area contributed by atoms with E-state index in [1.54, 1.807) is 13.2 Å². The number of carbonyl (C=O) groups is 1. The molecule has 0 bridgehead atoms. The molecule has 0 aliphatic heterocycles. The molecule has 40 heavy (non-hydrogen) atoms. The lowest BCUT2D eigenvalue weighted by atomic mass is 9.89. The van der Waals surface area contributed by atoms with Crippen molar-refractivity contribution in [2.45, 2.75) is 46.1 Å². The Labute approximate surface area is 242 Å². The van der Waals surface area contributed by atoms with Gasteiger partial charge in [-0.05, 0) is 67.3 Å². The first-order chi connectivity index (χ1) is 18.9. The molecule has 12 heteroatoms. The number of nitrogens with one attached hydrogen (secondary N) is 2. The van der Waals surface area contributed by atoms with Crippen molar-refractivity contribution >= 4 is 44.5 Å². The van der Waals surface area contributed by atoms with Crippen molar-refractivity contribution in [3.63, 3.8) is 0 Å². The summed E-state index contributed by atoms with van der Waals surface area (Å²) in [5.74, 6) is -0.752. The second-order valence-electron chi connectivity index (χ2n) is 9.29. The van der Waals surface area contributed by atoms with Gasteiger partial charge in [0.05, 0.1) is 22.5 Å². The largest absolute Gasteiger partial charge is 0.598 e. The molecule has 0 radical (unpaired) electrons. The molecular weight excluding hydrogens is 577 g/mol. The Bertz CT molecular complexity index is 1530. The van der Waals surface area contributed by atoms with Gasteiger partial charge in [0, 0.05) is 47.4 Å². The predicted octanol–water partition coefficient (Wildman–Crippen LogP) is 5.34. The van der Waals surface area contributed by atoms with E-state index < -0.39 is 39.0 Å². The number of hydrogen-bond donors (Lipinski definition) is 2. The number of rotatable bonds is 13. The fraction of sp³-hybridized carbons (Fsp3) is 0.357. The van der Waals surface area contributed by atoms with Gasteiger partial charge in [-0.1, -0.05) is 31.9 Å². The van der Waals surface area contributed by atoms with Crippen LogP contribution in [-0.2, 0) is 28.4 Å². The topological polar surface area (TPSA) is 120 Å². The molecule has 0 aliphatic rings. The minimum atomic E-state index is -3.72. The zero-order valence-corrected chi connectivity index (χ0v) is 25.2. The Morgan fingerprint density at radius 2 is 1.80 bits per heavy atom. The first-order valence-electron chi connectivity index (χ1n) is 12.9. The summed E-state index contributed by atoms with van der Waals surface area (Å²) in [6.07, 6.45) is 3.66. The molecule has 0 saturated carbocycles. The number of aromatic nitrogens is 1. The van der Waals surface area contributed by atoms with Gasteiger partial charge in [-0.15, -0.1) is 4.72 Å². The van der Waals surface area contributed by atoms with Crippen LogP contribution in [0.25, 0.3) is 11.1 Å². The summed E-state index contributed by atoms with van der Waals surface area (Å²) in [5.41, 5.74) is 1.31. The minimum Gasteiger partial charge on any atom is -0.598 e. The van der Waals surface area contributed by atoms with Crippen LogP contribution in [-0.4, -0.2) is 34.8 Å². The molecule has 0 fully saturated rings. The highest BCUT2D eigenvalue weighted by molar-refractivity contribution is 7.92. The second-order valence-corrected chi connectivity index (χ2v) is 13.0. The van der Waals surface area contributed by atoms with Gasteiger partial charge in [-0.2, -0.15) is 0 Å². The number of anilines is 1. The number of halogens is 2. The number of hydrogen-bond acceptors (Lipinski definition) is 6. The van der Waals surface area contributed by atoms with E-state index in [4.69, 9.17) is 11.6 Å². The van der Waals surface area contributed by atoms with Crippen molar-refractivity contribution in [2.75, 3.05) is 16.2 Å². The molecule has 8 nitrogen and oxygen atoms in total. The molecule has 0 saturated heterocycles. The van der Waals surface area contributed by atoms with Gasteiger partial charge >= 0.3 is 0 Å². The average Bonchev–Trinajstić information content (AvgIpc) is 2.92. The van der Waals surface area contributed by atoms with Crippen LogP contribution in [0.1, 0.15) is 67.6 Å². The molecule has 0 spiro atoms. The summed E-state index contributed by atoms with van der Waals surface area (Å²) in [4.78, 5) is 26.5. The van der Waals surface area contributed by atoms with Gasteiger partial charge < -0.3 is 9.12 Å². The number of aryl methyl sites for hydroxylation is 1. The Kier molecular flexibility index (Phi) is 11.0. The average molecular weight is 610 g/mol. The Balaban J connectivity index is 2.30. The molecule has 2 aromatic carbocycles. The lowest BCUT2D eigenvalue weighted by molar-refractivity contribution is 0.103. The first kappa shape index (κ1) is 31.8. The van der Waals surface area contributed by atoms with E-state index in [9.17, 15) is 27.0 Å². The predicted molar refractivity (Wildman–Crippen MR) is 159 cm³/mol. The third-order valence-corrected chi connectivity index (χ3v) is 9.21. The van der Waals surface area contributed by atoms with E-state index in [-0.39, 0.29) is 33.1 Å². The lowest BCUT2D eigenvalue weighted by Crippen LogP contribution is -2.32. The SMILES string of the molecule is CCCC[S+]([O-])N[C@@H](CC)c1cc(=O)n(C)cc1-c1cc(NS(=O)(=O)CC)c(Cl)cc1C(=O)c1ccc(F)cc1. The molecule has 0 aliphatic carbocycles. The van der Waals surface area contributed by atoms with Crippen LogP contribution in [0, 0.1) is 5.82 Å². The van der Waals surface area contributed by atoms with Crippen LogP contribution in [0.15, 0.2) is 53.5 Å². The maximum atomic E-state index is 13.7. The fourth-order valence-corrected chi connectivity index (χ4v) is 6.27. The number of benzene rings is 2. The summed E-state index contributed by atoms with van der Waals surface area (Å²) in [7, 11) is -2.17. The standard InChI is InChI=1S/C28H33ClFN3O5S2/c1-5-8-13-39(36)31-25(6-2)21-16-27(34)33(4)17-23(21)20-15-26(32-40(37,38)7-3)24(29)14-22(20)28(35)18-9-11-19(30)12-10-18/h9-12,14-17,25,31-32H,5-8,13H2,1-4H3/t25-,39?/m0/s1. The number of ketones is 1. The quantitative estimate of drug-likeness (QED) is 0.199. The lowest BCUT2D eigenvalue weighted by Gasteiger charge is -2.23. The number of nitrogens with zero attached hydrogens (tertiary/aromatic N) is 1. The van der Waals surface area contributed by atoms with Crippen molar-refractivity contribution in [3.05, 3.63) is 86.5 Å². The van der Waals surface area contributed by atoms with E-state index in [0.717, 1.165) is 12.8 Å². The van der Waals surface area contributed by atoms with Crippen LogP contribution in [0.5, 0.6) is 0 Å². The van der Waals surface area contributed by atoms with Gasteiger partial charge in [-0.25, -0.2) is 12.8 Å². The second kappa shape index (κ2) is 13.8. The van der Waals surface area contributed by atoms with Crippen molar-refractivity contribution in [1.82, 2.24) is 9.29 Å². The van der Waals surface area contributed by atoms with E-state index in [1.165, 1.54) is 54.0 Å². The highest BCUT2D eigenvalue weighted by Gasteiger charge is 2.26. The van der Waals surface area contributed by atoms with Crippen molar-refractivity contribution < 1.29 is 22.2 Å². The van der Waals surface area contributed by atoms with Crippen LogP contribution in [0.4, 0.5) is 10.1 Å². The van der Waals surface area contributed by atoms with Crippen molar-refractivity contribution in [1.29, 1.82) is 0 Å². The van der Waals surface area contributed by atoms with E-state index in [1.807, 2.05) is 13.8 Å². The fourth-order valence-electron chi connectivity index (χ4n) is 4.08. The molecule has 2 atom stereocenters. The summed E-state index contributed by atoms with van der Waals surface area (Å²) in [5, 5.41) is -0.0107. The van der Waals surface area contributed by atoms with Crippen molar-refractivity contribution in [2.24, 2.45) is 7.05 Å².